The Hall–Kier alpha value is -1.35. The number of benzene rings is 1. The molecule has 0 unspecified atom stereocenters. The second-order valence-corrected chi connectivity index (χ2v) is 2.44. The number of rotatable bonds is 2. The lowest BCUT2D eigenvalue weighted by Crippen LogP contribution is -2.13. The first-order valence-corrected chi connectivity index (χ1v) is 4.13. The summed E-state index contributed by atoms with van der Waals surface area (Å²) in [5.74, 6) is -0.286. The molecular weight excluding hydrogens is 166 g/mol. The maximum Gasteiger partial charge on any atom is 0.221 e. The summed E-state index contributed by atoms with van der Waals surface area (Å²) in [5.41, 5.74) is 5.95. The summed E-state index contributed by atoms with van der Waals surface area (Å²) in [7, 11) is 0. The van der Waals surface area contributed by atoms with Crippen molar-refractivity contribution in [2.45, 2.75) is 13.3 Å². The fraction of sp³-hybridized carbons (Fsp3) is 0.300. The van der Waals surface area contributed by atoms with E-state index in [4.69, 9.17) is 10.8 Å². The Morgan fingerprint density at radius 1 is 1.38 bits per heavy atom. The summed E-state index contributed by atoms with van der Waals surface area (Å²) in [6.45, 7) is 1.93. The molecule has 0 bridgehead atoms. The summed E-state index contributed by atoms with van der Waals surface area (Å²) < 4.78 is 0. The standard InChI is InChI=1S/C8H9NO.C2H6O/c9-8(10)6-7-4-2-1-3-5-7;1-2-3/h1-5H,6H2,(H2,9,10);3H,2H2,1H3. The number of aliphatic hydroxyl groups is 1. The topological polar surface area (TPSA) is 63.3 Å². The number of carbonyl (C=O) groups is 1. The third-order valence-electron chi connectivity index (χ3n) is 1.22. The van der Waals surface area contributed by atoms with Crippen molar-refractivity contribution in [2.75, 3.05) is 6.61 Å². The van der Waals surface area contributed by atoms with Crippen LogP contribution in [0.15, 0.2) is 30.3 Å². The van der Waals surface area contributed by atoms with Crippen molar-refractivity contribution in [3.63, 3.8) is 0 Å². The van der Waals surface area contributed by atoms with Crippen molar-refractivity contribution in [1.29, 1.82) is 0 Å². The normalized spacial score (nSPS) is 8.46. The van der Waals surface area contributed by atoms with E-state index in [-0.39, 0.29) is 12.5 Å². The van der Waals surface area contributed by atoms with E-state index in [0.29, 0.717) is 6.42 Å². The molecule has 0 radical (unpaired) electrons. The zero-order valence-corrected chi connectivity index (χ0v) is 7.73. The van der Waals surface area contributed by atoms with E-state index in [1.54, 1.807) is 6.92 Å². The van der Waals surface area contributed by atoms with Crippen LogP contribution in [0.4, 0.5) is 0 Å². The van der Waals surface area contributed by atoms with Crippen molar-refractivity contribution in [1.82, 2.24) is 0 Å². The van der Waals surface area contributed by atoms with Crippen LogP contribution in [-0.4, -0.2) is 17.6 Å². The predicted molar refractivity (Wildman–Crippen MR) is 52.1 cm³/mol. The number of carbonyl (C=O) groups excluding carboxylic acids is 1. The van der Waals surface area contributed by atoms with E-state index in [2.05, 4.69) is 0 Å². The molecule has 0 fully saturated rings. The van der Waals surface area contributed by atoms with Crippen LogP contribution in [0.25, 0.3) is 0 Å². The van der Waals surface area contributed by atoms with Crippen LogP contribution in [0.1, 0.15) is 12.5 Å². The van der Waals surface area contributed by atoms with Crippen LogP contribution in [0, 0.1) is 0 Å². The first kappa shape index (κ1) is 11.6. The summed E-state index contributed by atoms with van der Waals surface area (Å²) in [6.07, 6.45) is 0.334. The number of amides is 1. The molecule has 3 heteroatoms. The van der Waals surface area contributed by atoms with Gasteiger partial charge < -0.3 is 10.8 Å². The van der Waals surface area contributed by atoms with Crippen molar-refractivity contribution in [3.8, 4) is 0 Å². The first-order chi connectivity index (χ1) is 6.20. The highest BCUT2D eigenvalue weighted by Crippen LogP contribution is 1.97. The Balaban J connectivity index is 0.000000424. The molecule has 1 rings (SSSR count). The average molecular weight is 181 g/mol. The highest BCUT2D eigenvalue weighted by Gasteiger charge is 1.94. The lowest BCUT2D eigenvalue weighted by Gasteiger charge is -1.93. The van der Waals surface area contributed by atoms with Gasteiger partial charge in [0.2, 0.25) is 5.91 Å². The molecule has 1 aromatic rings. The lowest BCUT2D eigenvalue weighted by atomic mass is 10.1. The van der Waals surface area contributed by atoms with Gasteiger partial charge in [-0.25, -0.2) is 0 Å². The third-order valence-corrected chi connectivity index (χ3v) is 1.22. The largest absolute Gasteiger partial charge is 0.397 e. The molecule has 0 aliphatic rings. The molecule has 1 amide bonds. The molecule has 3 N–H and O–H groups in total. The summed E-state index contributed by atoms with van der Waals surface area (Å²) in [6, 6.07) is 9.44. The number of hydrogen-bond donors (Lipinski definition) is 2. The van der Waals surface area contributed by atoms with Gasteiger partial charge in [-0.05, 0) is 12.5 Å². The van der Waals surface area contributed by atoms with E-state index in [1.807, 2.05) is 30.3 Å². The molecule has 0 atom stereocenters. The molecule has 13 heavy (non-hydrogen) atoms. The molecule has 0 spiro atoms. The average Bonchev–Trinajstić information content (AvgIpc) is 2.06. The fourth-order valence-corrected chi connectivity index (χ4v) is 0.797. The Morgan fingerprint density at radius 3 is 2.23 bits per heavy atom. The van der Waals surface area contributed by atoms with Crippen LogP contribution in [0.3, 0.4) is 0 Å². The van der Waals surface area contributed by atoms with Crippen LogP contribution >= 0.6 is 0 Å². The maximum atomic E-state index is 10.4. The van der Waals surface area contributed by atoms with Crippen LogP contribution < -0.4 is 5.73 Å². The maximum absolute atomic E-state index is 10.4. The van der Waals surface area contributed by atoms with Crippen molar-refractivity contribution < 1.29 is 9.90 Å². The minimum absolute atomic E-state index is 0.250. The second kappa shape index (κ2) is 7.31. The second-order valence-electron chi connectivity index (χ2n) is 2.44. The SMILES string of the molecule is CCO.NC(=O)Cc1ccccc1. The molecule has 3 nitrogen and oxygen atoms in total. The quantitative estimate of drug-likeness (QED) is 0.706. The smallest absolute Gasteiger partial charge is 0.221 e. The molecule has 72 valence electrons. The summed E-state index contributed by atoms with van der Waals surface area (Å²) in [5, 5.41) is 7.57. The Bertz CT molecular complexity index is 234. The van der Waals surface area contributed by atoms with Gasteiger partial charge in [0.25, 0.3) is 0 Å². The van der Waals surface area contributed by atoms with Gasteiger partial charge in [-0.1, -0.05) is 30.3 Å². The Kier molecular flexibility index (Phi) is 6.55. The zero-order valence-electron chi connectivity index (χ0n) is 7.73. The van der Waals surface area contributed by atoms with Gasteiger partial charge in [-0.3, -0.25) is 4.79 Å². The fourth-order valence-electron chi connectivity index (χ4n) is 0.797. The highest BCUT2D eigenvalue weighted by atomic mass is 16.2. The molecule has 0 heterocycles. The van der Waals surface area contributed by atoms with Crippen molar-refractivity contribution in [2.24, 2.45) is 5.73 Å². The van der Waals surface area contributed by atoms with Crippen LogP contribution in [-0.2, 0) is 11.2 Å². The van der Waals surface area contributed by atoms with Crippen LogP contribution in [0.5, 0.6) is 0 Å². The van der Waals surface area contributed by atoms with E-state index in [0.717, 1.165) is 5.56 Å². The van der Waals surface area contributed by atoms with E-state index < -0.39 is 0 Å². The summed E-state index contributed by atoms with van der Waals surface area (Å²) in [4.78, 5) is 10.4. The van der Waals surface area contributed by atoms with Crippen molar-refractivity contribution >= 4 is 5.91 Å². The molecule has 0 aliphatic heterocycles. The summed E-state index contributed by atoms with van der Waals surface area (Å²) >= 11 is 0. The van der Waals surface area contributed by atoms with Gasteiger partial charge >= 0.3 is 0 Å². The van der Waals surface area contributed by atoms with Gasteiger partial charge in [-0.15, -0.1) is 0 Å². The van der Waals surface area contributed by atoms with E-state index in [9.17, 15) is 4.79 Å². The molecule has 0 aromatic heterocycles. The van der Waals surface area contributed by atoms with Crippen molar-refractivity contribution in [3.05, 3.63) is 35.9 Å². The number of hydrogen-bond acceptors (Lipinski definition) is 2. The lowest BCUT2D eigenvalue weighted by molar-refractivity contribution is -0.117. The molecule has 1 aromatic carbocycles. The van der Waals surface area contributed by atoms with Gasteiger partial charge in [0.15, 0.2) is 0 Å². The molecular formula is C10H15NO2. The highest BCUT2D eigenvalue weighted by molar-refractivity contribution is 5.76. The monoisotopic (exact) mass is 181 g/mol. The minimum atomic E-state index is -0.286. The Labute approximate surface area is 78.2 Å². The van der Waals surface area contributed by atoms with Gasteiger partial charge in [0, 0.05) is 6.61 Å². The van der Waals surface area contributed by atoms with E-state index in [1.165, 1.54) is 0 Å². The third kappa shape index (κ3) is 7.03. The number of primary amides is 1. The Morgan fingerprint density at radius 2 is 1.85 bits per heavy atom. The van der Waals surface area contributed by atoms with Crippen LogP contribution in [0.2, 0.25) is 0 Å². The minimum Gasteiger partial charge on any atom is -0.397 e. The van der Waals surface area contributed by atoms with Gasteiger partial charge in [-0.2, -0.15) is 0 Å². The first-order valence-electron chi connectivity index (χ1n) is 4.13. The molecule has 0 aliphatic carbocycles. The van der Waals surface area contributed by atoms with Gasteiger partial charge in [0.05, 0.1) is 6.42 Å². The molecule has 0 saturated heterocycles. The molecule has 0 saturated carbocycles. The van der Waals surface area contributed by atoms with Gasteiger partial charge in [0.1, 0.15) is 0 Å². The van der Waals surface area contributed by atoms with E-state index >= 15 is 0 Å². The zero-order chi connectivity index (χ0) is 10.1. The number of aliphatic hydroxyl groups excluding tert-OH is 1. The number of nitrogens with two attached hydrogens (primary N) is 1. The predicted octanol–water partition coefficient (Wildman–Crippen LogP) is 0.713.